The monoisotopic (exact) mass is 262 g/mol. The van der Waals surface area contributed by atoms with Crippen molar-refractivity contribution >= 4 is 5.82 Å². The van der Waals surface area contributed by atoms with Gasteiger partial charge in [0.15, 0.2) is 0 Å². The highest BCUT2D eigenvalue weighted by Crippen LogP contribution is 2.18. The zero-order valence-corrected chi connectivity index (χ0v) is 12.4. The average Bonchev–Trinajstić information content (AvgIpc) is 2.82. The number of hydrogen-bond acceptors (Lipinski definition) is 4. The molecule has 1 aliphatic heterocycles. The lowest BCUT2D eigenvalue weighted by molar-refractivity contribution is 0.314. The molecule has 4 nitrogen and oxygen atoms in total. The van der Waals surface area contributed by atoms with Crippen molar-refractivity contribution in [3.63, 3.8) is 0 Å². The highest BCUT2D eigenvalue weighted by Gasteiger charge is 2.22. The van der Waals surface area contributed by atoms with E-state index < -0.39 is 0 Å². The van der Waals surface area contributed by atoms with Gasteiger partial charge in [0.25, 0.3) is 0 Å². The van der Waals surface area contributed by atoms with Crippen LogP contribution in [0, 0.1) is 0 Å². The second-order valence-corrected chi connectivity index (χ2v) is 5.42. The molecular formula is C15H26N4. The Labute approximate surface area is 116 Å². The second kappa shape index (κ2) is 6.87. The van der Waals surface area contributed by atoms with Gasteiger partial charge in [0.2, 0.25) is 0 Å². The fourth-order valence-corrected chi connectivity index (χ4v) is 2.65. The van der Waals surface area contributed by atoms with Crippen molar-refractivity contribution in [2.45, 2.75) is 32.4 Å². The molecule has 19 heavy (non-hydrogen) atoms. The van der Waals surface area contributed by atoms with Crippen molar-refractivity contribution in [1.29, 1.82) is 0 Å². The summed E-state index contributed by atoms with van der Waals surface area (Å²) in [4.78, 5) is 9.46. The van der Waals surface area contributed by atoms with Crippen molar-refractivity contribution in [3.05, 3.63) is 23.9 Å². The molecule has 1 aromatic heterocycles. The number of nitrogens with zero attached hydrogens (tertiary/aromatic N) is 3. The molecule has 1 saturated heterocycles. The van der Waals surface area contributed by atoms with E-state index in [1.807, 2.05) is 0 Å². The Hall–Kier alpha value is -1.13. The maximum absolute atomic E-state index is 4.72. The van der Waals surface area contributed by atoms with Crippen molar-refractivity contribution in [1.82, 2.24) is 15.2 Å². The van der Waals surface area contributed by atoms with Crippen LogP contribution < -0.4 is 10.2 Å². The molecule has 0 saturated carbocycles. The van der Waals surface area contributed by atoms with Crippen LogP contribution in [-0.2, 0) is 6.54 Å². The van der Waals surface area contributed by atoms with E-state index >= 15 is 0 Å². The maximum Gasteiger partial charge on any atom is 0.128 e. The van der Waals surface area contributed by atoms with Crippen LogP contribution in [-0.4, -0.2) is 49.7 Å². The van der Waals surface area contributed by atoms with Crippen LogP contribution in [0.1, 0.15) is 25.5 Å². The first kappa shape index (κ1) is 14.3. The Morgan fingerprint density at radius 1 is 1.47 bits per heavy atom. The average molecular weight is 262 g/mol. The minimum absolute atomic E-state index is 0.671. The quantitative estimate of drug-likeness (QED) is 0.846. The summed E-state index contributed by atoms with van der Waals surface area (Å²) in [5.41, 5.74) is 1.12. The van der Waals surface area contributed by atoms with E-state index in [-0.39, 0.29) is 0 Å². The zero-order chi connectivity index (χ0) is 13.7. The van der Waals surface area contributed by atoms with Crippen LogP contribution in [0.2, 0.25) is 0 Å². The van der Waals surface area contributed by atoms with Crippen LogP contribution in [0.5, 0.6) is 0 Å². The highest BCUT2D eigenvalue weighted by atomic mass is 15.2. The van der Waals surface area contributed by atoms with Crippen LogP contribution >= 0.6 is 0 Å². The minimum Gasteiger partial charge on any atom is -0.358 e. The Morgan fingerprint density at radius 2 is 2.32 bits per heavy atom. The third kappa shape index (κ3) is 3.91. The molecule has 1 aromatic rings. The molecule has 106 valence electrons. The van der Waals surface area contributed by atoms with E-state index in [9.17, 15) is 0 Å². The van der Waals surface area contributed by atoms with Gasteiger partial charge in [0.1, 0.15) is 5.82 Å². The van der Waals surface area contributed by atoms with Crippen molar-refractivity contribution in [3.8, 4) is 0 Å². The van der Waals surface area contributed by atoms with Gasteiger partial charge < -0.3 is 15.1 Å². The standard InChI is InChI=1S/C15H26N4/c1-4-16-11-13-7-5-9-15(17-13)19(3)12-14-8-6-10-18(14)2/h5,7,9,14,16H,4,6,8,10-12H2,1-3H3. The molecule has 1 aliphatic rings. The Morgan fingerprint density at radius 3 is 3.00 bits per heavy atom. The first-order chi connectivity index (χ1) is 9.20. The summed E-state index contributed by atoms with van der Waals surface area (Å²) in [5.74, 6) is 1.08. The largest absolute Gasteiger partial charge is 0.358 e. The summed E-state index contributed by atoms with van der Waals surface area (Å²) in [7, 11) is 4.37. The third-order valence-corrected chi connectivity index (χ3v) is 3.90. The molecule has 0 radical (unpaired) electrons. The highest BCUT2D eigenvalue weighted by molar-refractivity contribution is 5.38. The molecule has 0 amide bonds. The summed E-state index contributed by atoms with van der Waals surface area (Å²) in [6, 6.07) is 6.96. The van der Waals surface area contributed by atoms with Crippen LogP contribution in [0.25, 0.3) is 0 Å². The lowest BCUT2D eigenvalue weighted by Crippen LogP contribution is -2.37. The van der Waals surface area contributed by atoms with E-state index in [2.05, 4.69) is 54.3 Å². The topological polar surface area (TPSA) is 31.4 Å². The molecule has 1 atom stereocenters. The van der Waals surface area contributed by atoms with E-state index in [1.165, 1.54) is 19.4 Å². The van der Waals surface area contributed by atoms with Gasteiger partial charge >= 0.3 is 0 Å². The normalized spacial score (nSPS) is 19.8. The molecule has 2 heterocycles. The summed E-state index contributed by atoms with van der Waals surface area (Å²) >= 11 is 0. The molecule has 4 heteroatoms. The zero-order valence-electron chi connectivity index (χ0n) is 12.4. The Kier molecular flexibility index (Phi) is 5.16. The summed E-state index contributed by atoms with van der Waals surface area (Å²) in [6.07, 6.45) is 2.63. The number of pyridine rings is 1. The minimum atomic E-state index is 0.671. The second-order valence-electron chi connectivity index (χ2n) is 5.42. The molecule has 2 rings (SSSR count). The van der Waals surface area contributed by atoms with Gasteiger partial charge in [-0.2, -0.15) is 0 Å². The van der Waals surface area contributed by atoms with E-state index in [0.717, 1.165) is 31.1 Å². The first-order valence-electron chi connectivity index (χ1n) is 7.28. The molecule has 1 unspecified atom stereocenters. The van der Waals surface area contributed by atoms with Crippen molar-refractivity contribution in [2.24, 2.45) is 0 Å². The van der Waals surface area contributed by atoms with Crippen LogP contribution in [0.15, 0.2) is 18.2 Å². The van der Waals surface area contributed by atoms with Gasteiger partial charge in [0, 0.05) is 26.2 Å². The maximum atomic E-state index is 4.72. The number of rotatable bonds is 6. The van der Waals surface area contributed by atoms with Gasteiger partial charge in [-0.15, -0.1) is 0 Å². The molecule has 1 N–H and O–H groups in total. The molecule has 0 aliphatic carbocycles. The van der Waals surface area contributed by atoms with Gasteiger partial charge in [-0.1, -0.05) is 13.0 Å². The molecular weight excluding hydrogens is 236 g/mol. The number of likely N-dealkylation sites (N-methyl/N-ethyl adjacent to an activating group) is 2. The van der Waals surface area contributed by atoms with Gasteiger partial charge in [-0.05, 0) is 45.1 Å². The number of aromatic nitrogens is 1. The van der Waals surface area contributed by atoms with Crippen molar-refractivity contribution in [2.75, 3.05) is 38.6 Å². The van der Waals surface area contributed by atoms with Crippen LogP contribution in [0.3, 0.4) is 0 Å². The lowest BCUT2D eigenvalue weighted by Gasteiger charge is -2.26. The number of nitrogens with one attached hydrogen (secondary N) is 1. The Balaban J connectivity index is 1.96. The fourth-order valence-electron chi connectivity index (χ4n) is 2.65. The predicted octanol–water partition coefficient (Wildman–Crippen LogP) is 1.72. The third-order valence-electron chi connectivity index (χ3n) is 3.90. The molecule has 1 fully saturated rings. The Bertz CT molecular complexity index is 393. The van der Waals surface area contributed by atoms with E-state index in [1.54, 1.807) is 0 Å². The molecule has 0 aromatic carbocycles. The number of anilines is 1. The summed E-state index contributed by atoms with van der Waals surface area (Å²) in [6.45, 7) is 6.24. The van der Waals surface area contributed by atoms with Gasteiger partial charge in [0.05, 0.1) is 5.69 Å². The summed E-state index contributed by atoms with van der Waals surface area (Å²) < 4.78 is 0. The van der Waals surface area contributed by atoms with E-state index in [0.29, 0.717) is 6.04 Å². The van der Waals surface area contributed by atoms with Gasteiger partial charge in [-0.25, -0.2) is 4.98 Å². The lowest BCUT2D eigenvalue weighted by atomic mass is 10.2. The molecule has 0 bridgehead atoms. The SMILES string of the molecule is CCNCc1cccc(N(C)CC2CCCN2C)n1. The van der Waals surface area contributed by atoms with Gasteiger partial charge in [-0.3, -0.25) is 0 Å². The number of likely N-dealkylation sites (tertiary alicyclic amines) is 1. The first-order valence-corrected chi connectivity index (χ1v) is 7.28. The summed E-state index contributed by atoms with van der Waals surface area (Å²) in [5, 5.41) is 3.32. The molecule has 0 spiro atoms. The predicted molar refractivity (Wildman–Crippen MR) is 80.5 cm³/mol. The van der Waals surface area contributed by atoms with Crippen LogP contribution in [0.4, 0.5) is 5.82 Å². The smallest absolute Gasteiger partial charge is 0.128 e. The van der Waals surface area contributed by atoms with E-state index in [4.69, 9.17) is 4.98 Å². The number of hydrogen-bond donors (Lipinski definition) is 1. The fraction of sp³-hybridized carbons (Fsp3) is 0.667. The van der Waals surface area contributed by atoms with Crippen molar-refractivity contribution < 1.29 is 0 Å².